The number of rotatable bonds is 7. The number of carbonyl (C=O) groups is 1. The molecular formula is C11H19N3O2S. The van der Waals surface area contributed by atoms with Gasteiger partial charge in [0.05, 0.1) is 6.04 Å². The lowest BCUT2D eigenvalue weighted by molar-refractivity contribution is 0.0948. The number of nitrogens with two attached hydrogens (primary N) is 1. The minimum absolute atomic E-state index is 0.133. The Bertz CT molecular complexity index is 352. The van der Waals surface area contributed by atoms with Crippen LogP contribution in [-0.2, 0) is 0 Å². The molecule has 0 saturated carbocycles. The number of unbranched alkanes of at least 4 members (excludes halogenated alkanes) is 2. The zero-order valence-electron chi connectivity index (χ0n) is 9.98. The van der Waals surface area contributed by atoms with Crippen molar-refractivity contribution in [3.63, 3.8) is 0 Å². The lowest BCUT2D eigenvalue weighted by Gasteiger charge is -2.02. The maximum absolute atomic E-state index is 11.7. The molecule has 4 N–H and O–H groups in total. The van der Waals surface area contributed by atoms with Crippen molar-refractivity contribution in [1.82, 2.24) is 10.3 Å². The maximum atomic E-state index is 11.7. The highest BCUT2D eigenvalue weighted by Gasteiger charge is 2.11. The van der Waals surface area contributed by atoms with Gasteiger partial charge in [0.2, 0.25) is 0 Å². The Hall–Kier alpha value is -0.980. The molecule has 0 aromatic carbocycles. The molecule has 0 aliphatic rings. The van der Waals surface area contributed by atoms with Gasteiger partial charge in [0.1, 0.15) is 10.7 Å². The molecule has 96 valence electrons. The first kappa shape index (κ1) is 14.1. The van der Waals surface area contributed by atoms with Crippen molar-refractivity contribution >= 4 is 17.2 Å². The average molecular weight is 257 g/mol. The van der Waals surface area contributed by atoms with Crippen molar-refractivity contribution in [2.24, 2.45) is 5.73 Å². The van der Waals surface area contributed by atoms with Crippen LogP contribution in [0.25, 0.3) is 0 Å². The van der Waals surface area contributed by atoms with Crippen LogP contribution in [0, 0.1) is 0 Å². The molecule has 0 radical (unpaired) electrons. The normalized spacial score (nSPS) is 12.4. The van der Waals surface area contributed by atoms with E-state index in [9.17, 15) is 4.79 Å². The van der Waals surface area contributed by atoms with E-state index in [1.165, 1.54) is 11.3 Å². The summed E-state index contributed by atoms with van der Waals surface area (Å²) in [5.41, 5.74) is 6.11. The van der Waals surface area contributed by atoms with E-state index < -0.39 is 0 Å². The molecule has 0 saturated heterocycles. The van der Waals surface area contributed by atoms with Crippen molar-refractivity contribution in [2.75, 3.05) is 13.2 Å². The lowest BCUT2D eigenvalue weighted by atomic mass is 10.2. The predicted molar refractivity (Wildman–Crippen MR) is 68.0 cm³/mol. The van der Waals surface area contributed by atoms with E-state index in [4.69, 9.17) is 10.8 Å². The highest BCUT2D eigenvalue weighted by Crippen LogP contribution is 2.15. The van der Waals surface area contributed by atoms with Gasteiger partial charge in [0, 0.05) is 18.5 Å². The number of nitrogens with one attached hydrogen (secondary N) is 1. The molecule has 17 heavy (non-hydrogen) atoms. The summed E-state index contributed by atoms with van der Waals surface area (Å²) in [6, 6.07) is -0.133. The molecular weight excluding hydrogens is 238 g/mol. The molecule has 1 unspecified atom stereocenters. The monoisotopic (exact) mass is 257 g/mol. The fourth-order valence-corrected chi connectivity index (χ4v) is 2.06. The van der Waals surface area contributed by atoms with Crippen LogP contribution in [0.15, 0.2) is 5.38 Å². The molecule has 0 bridgehead atoms. The first-order valence-corrected chi connectivity index (χ1v) is 6.63. The second-order valence-corrected chi connectivity index (χ2v) is 4.79. The van der Waals surface area contributed by atoms with Crippen LogP contribution in [0.1, 0.15) is 47.7 Å². The Kier molecular flexibility index (Phi) is 6.10. The standard InChI is InChI=1S/C11H19N3O2S/c1-8(12)11-14-9(7-17-11)10(16)13-5-3-2-4-6-15/h7-8,15H,2-6,12H2,1H3,(H,13,16). The second-order valence-electron chi connectivity index (χ2n) is 3.90. The van der Waals surface area contributed by atoms with Gasteiger partial charge in [-0.05, 0) is 26.2 Å². The van der Waals surface area contributed by atoms with Gasteiger partial charge in [-0.15, -0.1) is 11.3 Å². The van der Waals surface area contributed by atoms with Gasteiger partial charge < -0.3 is 16.2 Å². The van der Waals surface area contributed by atoms with E-state index in [-0.39, 0.29) is 18.6 Å². The van der Waals surface area contributed by atoms with E-state index in [2.05, 4.69) is 10.3 Å². The van der Waals surface area contributed by atoms with E-state index in [1.54, 1.807) is 5.38 Å². The number of hydrogen-bond acceptors (Lipinski definition) is 5. The molecule has 1 atom stereocenters. The highest BCUT2D eigenvalue weighted by molar-refractivity contribution is 7.09. The average Bonchev–Trinajstić information content (AvgIpc) is 2.78. The van der Waals surface area contributed by atoms with Gasteiger partial charge in [0.15, 0.2) is 0 Å². The molecule has 6 heteroatoms. The molecule has 0 aliphatic carbocycles. The maximum Gasteiger partial charge on any atom is 0.270 e. The number of amides is 1. The summed E-state index contributed by atoms with van der Waals surface area (Å²) < 4.78 is 0. The van der Waals surface area contributed by atoms with Crippen LogP contribution in [0.3, 0.4) is 0 Å². The van der Waals surface area contributed by atoms with Crippen LogP contribution in [0.2, 0.25) is 0 Å². The summed E-state index contributed by atoms with van der Waals surface area (Å²) in [6.45, 7) is 2.66. The highest BCUT2D eigenvalue weighted by atomic mass is 32.1. The molecule has 0 spiro atoms. The Morgan fingerprint density at radius 3 is 2.94 bits per heavy atom. The van der Waals surface area contributed by atoms with Crippen molar-refractivity contribution in [2.45, 2.75) is 32.2 Å². The summed E-state index contributed by atoms with van der Waals surface area (Å²) in [5, 5.41) is 13.9. The molecule has 1 heterocycles. The van der Waals surface area contributed by atoms with Crippen molar-refractivity contribution in [1.29, 1.82) is 0 Å². The summed E-state index contributed by atoms with van der Waals surface area (Å²) >= 11 is 1.40. The summed E-state index contributed by atoms with van der Waals surface area (Å²) in [7, 11) is 0. The first-order chi connectivity index (χ1) is 8.15. The van der Waals surface area contributed by atoms with Crippen LogP contribution in [0.5, 0.6) is 0 Å². The van der Waals surface area contributed by atoms with Crippen molar-refractivity contribution in [3.05, 3.63) is 16.1 Å². The number of nitrogens with zero attached hydrogens (tertiary/aromatic N) is 1. The molecule has 1 aromatic rings. The van der Waals surface area contributed by atoms with Crippen LogP contribution in [-0.4, -0.2) is 29.1 Å². The molecule has 1 aromatic heterocycles. The number of carbonyl (C=O) groups excluding carboxylic acids is 1. The lowest BCUT2D eigenvalue weighted by Crippen LogP contribution is -2.24. The third-order valence-corrected chi connectivity index (χ3v) is 3.31. The van der Waals surface area contributed by atoms with Gasteiger partial charge in [-0.3, -0.25) is 4.79 Å². The number of aliphatic hydroxyl groups excluding tert-OH is 1. The summed E-state index contributed by atoms with van der Waals surface area (Å²) in [6.07, 6.45) is 2.57. The van der Waals surface area contributed by atoms with Gasteiger partial charge in [-0.1, -0.05) is 0 Å². The Morgan fingerprint density at radius 2 is 2.35 bits per heavy atom. The first-order valence-electron chi connectivity index (χ1n) is 5.75. The molecule has 1 amide bonds. The van der Waals surface area contributed by atoms with Crippen LogP contribution >= 0.6 is 11.3 Å². The smallest absolute Gasteiger partial charge is 0.270 e. The topological polar surface area (TPSA) is 88.2 Å². The summed E-state index contributed by atoms with van der Waals surface area (Å²) in [4.78, 5) is 15.8. The number of aromatic nitrogens is 1. The third-order valence-electron chi connectivity index (χ3n) is 2.26. The quantitative estimate of drug-likeness (QED) is 0.637. The Morgan fingerprint density at radius 1 is 1.59 bits per heavy atom. The Labute approximate surface area is 105 Å². The SMILES string of the molecule is CC(N)c1nc(C(=O)NCCCCCO)cs1. The molecule has 1 rings (SSSR count). The van der Waals surface area contributed by atoms with Crippen LogP contribution < -0.4 is 11.1 Å². The number of thiazole rings is 1. The van der Waals surface area contributed by atoms with Crippen molar-refractivity contribution < 1.29 is 9.90 Å². The van der Waals surface area contributed by atoms with E-state index in [1.807, 2.05) is 6.92 Å². The zero-order valence-corrected chi connectivity index (χ0v) is 10.8. The zero-order chi connectivity index (χ0) is 12.7. The van der Waals surface area contributed by atoms with Gasteiger partial charge >= 0.3 is 0 Å². The van der Waals surface area contributed by atoms with E-state index in [0.29, 0.717) is 12.2 Å². The van der Waals surface area contributed by atoms with Crippen molar-refractivity contribution in [3.8, 4) is 0 Å². The predicted octanol–water partition coefficient (Wildman–Crippen LogP) is 1.06. The molecule has 0 fully saturated rings. The van der Waals surface area contributed by atoms with E-state index in [0.717, 1.165) is 24.3 Å². The van der Waals surface area contributed by atoms with E-state index >= 15 is 0 Å². The van der Waals surface area contributed by atoms with Gasteiger partial charge in [-0.25, -0.2) is 4.98 Å². The minimum Gasteiger partial charge on any atom is -0.396 e. The Balaban J connectivity index is 2.31. The van der Waals surface area contributed by atoms with Gasteiger partial charge in [-0.2, -0.15) is 0 Å². The molecule has 5 nitrogen and oxygen atoms in total. The second kappa shape index (κ2) is 7.37. The third kappa shape index (κ3) is 4.80. The van der Waals surface area contributed by atoms with Crippen LogP contribution in [0.4, 0.5) is 0 Å². The number of aliphatic hydroxyl groups is 1. The van der Waals surface area contributed by atoms with Gasteiger partial charge in [0.25, 0.3) is 5.91 Å². The minimum atomic E-state index is -0.155. The fourth-order valence-electron chi connectivity index (χ4n) is 1.31. The number of hydrogen-bond donors (Lipinski definition) is 3. The molecule has 0 aliphatic heterocycles. The largest absolute Gasteiger partial charge is 0.396 e. The summed E-state index contributed by atoms with van der Waals surface area (Å²) in [5.74, 6) is -0.155. The fraction of sp³-hybridized carbons (Fsp3) is 0.636.